The number of pyridine rings is 2. The second kappa shape index (κ2) is 10.9. The monoisotopic (exact) mass is 371 g/mol. The van der Waals surface area contributed by atoms with Crippen molar-refractivity contribution in [3.8, 4) is 11.5 Å². The molecule has 115 valence electrons. The Balaban J connectivity index is 0.000000364. The van der Waals surface area contributed by atoms with Crippen molar-refractivity contribution in [3.63, 3.8) is 0 Å². The molecule has 6 nitrogen and oxygen atoms in total. The first-order chi connectivity index (χ1) is 9.58. The zero-order valence-electron chi connectivity index (χ0n) is 10.6. The van der Waals surface area contributed by atoms with Crippen LogP contribution in [0.3, 0.4) is 0 Å². The summed E-state index contributed by atoms with van der Waals surface area (Å²) in [4.78, 5) is 7.58. The molecule has 0 aliphatic heterocycles. The maximum absolute atomic E-state index is 5.11. The molecular formula is C12H12CuN4O2S2. The smallest absolute Gasteiger partial charge is 0.259 e. The molecule has 0 saturated heterocycles. The first-order valence-corrected chi connectivity index (χ1v) is 6.14. The molecule has 0 unspecified atom stereocenters. The quantitative estimate of drug-likeness (QED) is 0.604. The molecule has 21 heavy (non-hydrogen) atoms. The molecule has 1 radical (unpaired) electrons. The van der Waals surface area contributed by atoms with Gasteiger partial charge in [0.25, 0.3) is 10.3 Å². The molecule has 2 rings (SSSR count). The van der Waals surface area contributed by atoms with Gasteiger partial charge in [0.05, 0.1) is 0 Å². The summed E-state index contributed by atoms with van der Waals surface area (Å²) in [5.41, 5.74) is 10.2. The molecule has 0 aromatic carbocycles. The van der Waals surface area contributed by atoms with Crippen molar-refractivity contribution < 1.29 is 26.5 Å². The minimum Gasteiger partial charge on any atom is -0.432 e. The molecule has 2 aromatic rings. The van der Waals surface area contributed by atoms with Gasteiger partial charge in [0.1, 0.15) is 11.5 Å². The van der Waals surface area contributed by atoms with Crippen molar-refractivity contribution in [1.82, 2.24) is 9.97 Å². The van der Waals surface area contributed by atoms with Crippen LogP contribution >= 0.6 is 24.4 Å². The number of nitrogens with zero attached hydrogens (tertiary/aromatic N) is 2. The Morgan fingerprint density at radius 1 is 0.762 bits per heavy atom. The van der Waals surface area contributed by atoms with E-state index < -0.39 is 0 Å². The predicted molar refractivity (Wildman–Crippen MR) is 83.3 cm³/mol. The molecular weight excluding hydrogens is 360 g/mol. The second-order valence-electron chi connectivity index (χ2n) is 3.21. The van der Waals surface area contributed by atoms with E-state index >= 15 is 0 Å². The Kier molecular flexibility index (Phi) is 9.99. The Morgan fingerprint density at radius 3 is 1.29 bits per heavy atom. The maximum Gasteiger partial charge on any atom is 0.259 e. The maximum atomic E-state index is 5.11. The van der Waals surface area contributed by atoms with Gasteiger partial charge in [0, 0.05) is 41.9 Å². The van der Waals surface area contributed by atoms with E-state index in [9.17, 15) is 0 Å². The van der Waals surface area contributed by atoms with Crippen molar-refractivity contribution >= 4 is 34.8 Å². The molecule has 9 heteroatoms. The molecule has 0 aliphatic rings. The first kappa shape index (κ1) is 19.2. The minimum atomic E-state index is 0. The van der Waals surface area contributed by atoms with Crippen LogP contribution in [0.4, 0.5) is 0 Å². The summed E-state index contributed by atoms with van der Waals surface area (Å²) < 4.78 is 9.77. The van der Waals surface area contributed by atoms with Crippen LogP contribution in [0, 0.1) is 0 Å². The predicted octanol–water partition coefficient (Wildman–Crippen LogP) is 1.41. The number of ether oxygens (including phenoxy) is 2. The van der Waals surface area contributed by atoms with Gasteiger partial charge in [-0.25, -0.2) is 0 Å². The van der Waals surface area contributed by atoms with E-state index in [1.165, 1.54) is 0 Å². The third-order valence-electron chi connectivity index (χ3n) is 1.74. The van der Waals surface area contributed by atoms with Gasteiger partial charge in [-0.3, -0.25) is 9.97 Å². The van der Waals surface area contributed by atoms with Crippen LogP contribution in [-0.2, 0) is 17.1 Å². The fraction of sp³-hybridized carbons (Fsp3) is 0. The molecule has 0 amide bonds. The molecule has 0 atom stereocenters. The topological polar surface area (TPSA) is 96.3 Å². The SMILES string of the molecule is NC(=S)Oc1ccncc1.NC(=S)Oc1ccncc1.[Cu]. The Morgan fingerprint density at radius 2 is 1.05 bits per heavy atom. The first-order valence-electron chi connectivity index (χ1n) is 5.32. The zero-order chi connectivity index (χ0) is 14.8. The van der Waals surface area contributed by atoms with E-state index in [-0.39, 0.29) is 27.4 Å². The van der Waals surface area contributed by atoms with E-state index in [1.807, 2.05) is 0 Å². The van der Waals surface area contributed by atoms with E-state index in [2.05, 4.69) is 34.4 Å². The van der Waals surface area contributed by atoms with Crippen molar-refractivity contribution in [2.75, 3.05) is 0 Å². The summed E-state index contributed by atoms with van der Waals surface area (Å²) in [5.74, 6) is 1.23. The zero-order valence-corrected chi connectivity index (χ0v) is 13.2. The van der Waals surface area contributed by atoms with Gasteiger partial charge in [0.2, 0.25) is 0 Å². The summed E-state index contributed by atoms with van der Waals surface area (Å²) in [6, 6.07) is 6.72. The van der Waals surface area contributed by atoms with Crippen molar-refractivity contribution in [3.05, 3.63) is 49.1 Å². The van der Waals surface area contributed by atoms with Crippen LogP contribution < -0.4 is 20.9 Å². The average molecular weight is 372 g/mol. The normalized spacial score (nSPS) is 8.38. The molecule has 2 aromatic heterocycles. The fourth-order valence-electron chi connectivity index (χ4n) is 1.04. The second-order valence-corrected chi connectivity index (χ2v) is 4.01. The van der Waals surface area contributed by atoms with Gasteiger partial charge in [-0.1, -0.05) is 0 Å². The van der Waals surface area contributed by atoms with Crippen LogP contribution in [0.15, 0.2) is 49.1 Å². The standard InChI is InChI=1S/2C6H6N2OS.Cu/c2*7-6(10)9-5-1-3-8-4-2-5;/h2*1-4H,(H2,7,10);. The molecule has 0 bridgehead atoms. The number of hydrogen-bond acceptors (Lipinski definition) is 6. The molecule has 0 fully saturated rings. The van der Waals surface area contributed by atoms with Crippen LogP contribution in [0.25, 0.3) is 0 Å². The van der Waals surface area contributed by atoms with Gasteiger partial charge in [-0.05, 0) is 48.7 Å². The van der Waals surface area contributed by atoms with E-state index in [0.717, 1.165) is 0 Å². The third kappa shape index (κ3) is 9.69. The molecule has 4 N–H and O–H groups in total. The Hall–Kier alpha value is -1.80. The number of nitrogens with two attached hydrogens (primary N) is 2. The molecule has 0 spiro atoms. The number of aromatic nitrogens is 2. The summed E-state index contributed by atoms with van der Waals surface area (Å²) in [7, 11) is 0. The van der Waals surface area contributed by atoms with Gasteiger partial charge in [-0.15, -0.1) is 0 Å². The summed E-state index contributed by atoms with van der Waals surface area (Å²) >= 11 is 9.03. The number of hydrogen-bond donors (Lipinski definition) is 2. The van der Waals surface area contributed by atoms with E-state index in [0.29, 0.717) is 11.5 Å². The van der Waals surface area contributed by atoms with Gasteiger partial charge in [-0.2, -0.15) is 0 Å². The van der Waals surface area contributed by atoms with Crippen LogP contribution in [-0.4, -0.2) is 20.3 Å². The summed E-state index contributed by atoms with van der Waals surface area (Å²) in [6.07, 6.45) is 6.42. The minimum absolute atomic E-state index is 0. The fourth-order valence-corrected chi connectivity index (χ4v) is 1.24. The van der Waals surface area contributed by atoms with Crippen LogP contribution in [0.2, 0.25) is 0 Å². The summed E-state index contributed by atoms with van der Waals surface area (Å²) in [5, 5.41) is 0.0393. The third-order valence-corrected chi connectivity index (χ3v) is 1.90. The van der Waals surface area contributed by atoms with Gasteiger partial charge >= 0.3 is 0 Å². The van der Waals surface area contributed by atoms with Gasteiger partial charge in [0.15, 0.2) is 0 Å². The Labute approximate surface area is 143 Å². The number of rotatable bonds is 2. The molecule has 0 saturated carbocycles. The van der Waals surface area contributed by atoms with Crippen LogP contribution in [0.1, 0.15) is 0 Å². The molecule has 0 aliphatic carbocycles. The molecule has 2 heterocycles. The van der Waals surface area contributed by atoms with Gasteiger partial charge < -0.3 is 20.9 Å². The largest absolute Gasteiger partial charge is 0.432 e. The van der Waals surface area contributed by atoms with E-state index in [1.54, 1.807) is 49.1 Å². The van der Waals surface area contributed by atoms with E-state index in [4.69, 9.17) is 20.9 Å². The number of thiocarbonyl (C=S) groups is 2. The van der Waals surface area contributed by atoms with Crippen molar-refractivity contribution in [2.45, 2.75) is 0 Å². The van der Waals surface area contributed by atoms with Crippen molar-refractivity contribution in [1.29, 1.82) is 0 Å². The van der Waals surface area contributed by atoms with Crippen LogP contribution in [0.5, 0.6) is 11.5 Å². The summed E-state index contributed by atoms with van der Waals surface area (Å²) in [6.45, 7) is 0. The Bertz CT molecular complexity index is 506. The van der Waals surface area contributed by atoms with Crippen molar-refractivity contribution in [2.24, 2.45) is 11.5 Å². The average Bonchev–Trinajstić information content (AvgIpc) is 2.40.